The number of hydrogen-bond donors (Lipinski definition) is 6. The average molecular weight is 1820 g/mol. The van der Waals surface area contributed by atoms with Gasteiger partial charge >= 0.3 is 23.9 Å². The van der Waals surface area contributed by atoms with Crippen molar-refractivity contribution < 1.29 is 163 Å². The van der Waals surface area contributed by atoms with Crippen LogP contribution in [-0.4, -0.2) is 174 Å². The van der Waals surface area contributed by atoms with E-state index in [1.165, 1.54) is 61.0 Å². The van der Waals surface area contributed by atoms with Gasteiger partial charge in [-0.1, -0.05) is 20.8 Å². The molecule has 25 nitrogen and oxygen atoms in total. The molecule has 2 radical (unpaired) electrons. The zero-order valence-electron chi connectivity index (χ0n) is 66.1. The Bertz CT molecular complexity index is 5400. The number of nitrogens with two attached hydrogens (primary N) is 1. The smallest absolute Gasteiger partial charge is 0.341 e. The molecule has 0 amide bonds. The molecule has 4 aliphatic heterocycles. The standard InChI is InChI=1S/2C21H22F2N2O4.C20H21F2N3O4.C14H10F3NO4.C7H13N.2Y/c2*1-10-7-24(9-21(10)3-4-21)17-14(23)5-11-16(19(17)29-2)25(15-6-13(15)22)8-12(18(11)26)20(27)28;1-29-18-15-9(17(26)10(19(27)28)6-25(15)13-5-11(13)21)4-12(22)16(18)24-7-14(23)20(8-24)2-3-20;1-22-13-10(17)8(16)2-5-11(13)18(9-3-7(9)15)4-6(12(5)19)14(20)21;1-6-4-8-5-7(6)2-3-7;;/h2*5,8,10,13,15H,3-4,6-7,9H2,1-2H3,(H,27,28);4,6,11,13-14H,2-3,5,7-8,23H2,1H3,(H,27,28);2,4,7,9H,3H2,1H3,(H,20,21);6,8H,2-5H2,1H3;;/t2*10-,13+,15-;11-,13+,14+;7-,9+;6-;;/m11001../s1. The van der Waals surface area contributed by atoms with E-state index in [2.05, 4.69) is 26.1 Å². The van der Waals surface area contributed by atoms with Crippen molar-refractivity contribution in [3.63, 3.8) is 0 Å². The van der Waals surface area contributed by atoms with Gasteiger partial charge in [0.25, 0.3) is 0 Å². The maximum atomic E-state index is 15.3. The Balaban J connectivity index is 0.000000126. The average Bonchev–Trinajstić information content (AvgIpc) is 1.51. The number of nitrogens with one attached hydrogen (secondary N) is 1. The number of methoxy groups -OCH3 is 4. The molecule has 36 heteroatoms. The summed E-state index contributed by atoms with van der Waals surface area (Å²) in [6.45, 7) is 13.0. The van der Waals surface area contributed by atoms with Crippen molar-refractivity contribution in [2.75, 3.05) is 95.5 Å². The van der Waals surface area contributed by atoms with Crippen molar-refractivity contribution in [3.8, 4) is 23.0 Å². The van der Waals surface area contributed by atoms with Crippen molar-refractivity contribution in [1.29, 1.82) is 0 Å². The first-order chi connectivity index (χ1) is 55.5. The Kier molecular flexibility index (Phi) is 23.3. The molecule has 630 valence electrons. The summed E-state index contributed by atoms with van der Waals surface area (Å²) in [5.41, 5.74) is 3.21. The van der Waals surface area contributed by atoms with E-state index in [9.17, 15) is 80.0 Å². The number of anilines is 3. The third-order valence-corrected chi connectivity index (χ3v) is 26.9. The molecule has 12 fully saturated rings. The number of ether oxygens (including phenoxy) is 4. The van der Waals surface area contributed by atoms with Gasteiger partial charge in [-0.2, -0.15) is 4.39 Å². The minimum absolute atomic E-state index is 0. The number of carbonyl (C=O) groups is 4. The summed E-state index contributed by atoms with van der Waals surface area (Å²) in [7, 11) is 5.23. The first kappa shape index (κ1) is 87.1. The molecular formula is C83H88F9N9O16Y2. The molecule has 8 saturated carbocycles. The molecular weight excluding hydrogens is 1730 g/mol. The van der Waals surface area contributed by atoms with Crippen LogP contribution in [0.15, 0.2) is 68.2 Å². The summed E-state index contributed by atoms with van der Waals surface area (Å²) in [6, 6.07) is 1.20. The molecule has 4 spiro atoms. The van der Waals surface area contributed by atoms with Crippen molar-refractivity contribution in [2.24, 2.45) is 45.1 Å². The molecule has 12 atom stereocenters. The molecule has 8 heterocycles. The summed E-state index contributed by atoms with van der Waals surface area (Å²) in [6.07, 6.45) is 9.86. The number of carboxylic acid groups (broad SMARTS) is 4. The van der Waals surface area contributed by atoms with Gasteiger partial charge in [0.1, 0.15) is 64.0 Å². The Morgan fingerprint density at radius 3 is 0.891 bits per heavy atom. The summed E-state index contributed by atoms with van der Waals surface area (Å²) in [5.74, 6) is -8.73. The van der Waals surface area contributed by atoms with Crippen molar-refractivity contribution in [3.05, 3.63) is 141 Å². The third kappa shape index (κ3) is 15.2. The van der Waals surface area contributed by atoms with E-state index >= 15 is 13.2 Å². The minimum atomic E-state index is -1.53. The van der Waals surface area contributed by atoms with Gasteiger partial charge in [-0.25, -0.2) is 54.3 Å². The van der Waals surface area contributed by atoms with Crippen LogP contribution in [0.1, 0.15) is 163 Å². The molecule has 8 aromatic rings. The fourth-order valence-electron chi connectivity index (χ4n) is 18.6. The second kappa shape index (κ2) is 31.9. The van der Waals surface area contributed by atoms with Crippen LogP contribution in [0.4, 0.5) is 56.6 Å². The molecule has 4 aromatic carbocycles. The largest absolute Gasteiger partial charge is 0.492 e. The Labute approximate surface area is 724 Å². The quantitative estimate of drug-likeness (QED) is 0.0519. The van der Waals surface area contributed by atoms with E-state index < -0.39 is 152 Å². The maximum absolute atomic E-state index is 15.3. The SMILES string of the molecule is COc1c(F)c(F)cc2c(=O)c(C(=O)O)cn([C@@H]3C[C@@H]3F)c12.COc1c(N2C[C@@H](C)C3(CC3)C2)c(F)cc2c(=O)c(C(=O)O)cn([C@@H]3C[C@@H]3F)c12.COc1c(N2C[C@@H](C)C3(CC3)C2)c(F)cc2c(=O)c(C(=O)O)cn([C@@H]3C[C@@H]3F)c12.COc1c(N2C[C@@H](N)C3(CC3)C2)c(F)cc2c(=O)c(C(=O)O)cn([C@@H]3C[C@@H]3F)c12.C[C@@H]1CNCC12CC2.[Y].[Y]. The number of alkyl halides is 4. The first-order valence-corrected chi connectivity index (χ1v) is 39.2. The zero-order chi connectivity index (χ0) is 83.8. The van der Waals surface area contributed by atoms with E-state index in [1.54, 1.807) is 0 Å². The fraction of sp³-hybridized carbons (Fsp3) is 0.518. The molecule has 8 aliphatic carbocycles. The predicted octanol–water partition coefficient (Wildman–Crippen LogP) is 12.1. The van der Waals surface area contributed by atoms with E-state index in [0.717, 1.165) is 105 Å². The molecule has 119 heavy (non-hydrogen) atoms. The van der Waals surface area contributed by atoms with Crippen molar-refractivity contribution in [1.82, 2.24) is 23.6 Å². The van der Waals surface area contributed by atoms with Gasteiger partial charge < -0.3 is 83.4 Å². The van der Waals surface area contributed by atoms with Crippen LogP contribution in [0.25, 0.3) is 43.6 Å². The number of nitrogens with zero attached hydrogens (tertiary/aromatic N) is 7. The minimum Gasteiger partial charge on any atom is -0.492 e. The zero-order valence-corrected chi connectivity index (χ0v) is 71.8. The van der Waals surface area contributed by atoms with Crippen LogP contribution < -0.4 is 66.4 Å². The van der Waals surface area contributed by atoms with Crippen LogP contribution in [0.2, 0.25) is 0 Å². The normalized spacial score (nSPS) is 26.1. The van der Waals surface area contributed by atoms with Crippen LogP contribution >= 0.6 is 0 Å². The topological polar surface area (TPSA) is 322 Å². The summed E-state index contributed by atoms with van der Waals surface area (Å²) in [5, 5.41) is 40.0. The number of fused-ring (bicyclic) bond motifs is 4. The van der Waals surface area contributed by atoms with Gasteiger partial charge in [-0.15, -0.1) is 0 Å². The Morgan fingerprint density at radius 2 is 0.672 bits per heavy atom. The van der Waals surface area contributed by atoms with E-state index in [4.69, 9.17) is 29.8 Å². The maximum Gasteiger partial charge on any atom is 0.341 e. The summed E-state index contributed by atoms with van der Waals surface area (Å²) >= 11 is 0. The predicted molar refractivity (Wildman–Crippen MR) is 413 cm³/mol. The number of aromatic carboxylic acids is 4. The van der Waals surface area contributed by atoms with E-state index in [1.807, 2.05) is 14.7 Å². The van der Waals surface area contributed by atoms with Gasteiger partial charge in [0.15, 0.2) is 46.3 Å². The van der Waals surface area contributed by atoms with E-state index in [0.29, 0.717) is 57.2 Å². The summed E-state index contributed by atoms with van der Waals surface area (Å²) < 4.78 is 155. The van der Waals surface area contributed by atoms with Gasteiger partial charge in [0.2, 0.25) is 27.5 Å². The molecule has 20 rings (SSSR count). The molecule has 4 saturated heterocycles. The number of pyridine rings is 4. The van der Waals surface area contributed by atoms with Gasteiger partial charge in [-0.3, -0.25) is 19.2 Å². The molecule has 4 aromatic heterocycles. The first-order valence-electron chi connectivity index (χ1n) is 39.2. The van der Waals surface area contributed by atoms with Crippen molar-refractivity contribution >= 4 is 84.6 Å². The van der Waals surface area contributed by atoms with Gasteiger partial charge in [0.05, 0.1) is 96.2 Å². The number of hydrogen-bond acceptors (Lipinski definition) is 17. The molecule has 0 unspecified atom stereocenters. The number of aromatic nitrogens is 4. The van der Waals surface area contributed by atoms with Gasteiger partial charge in [-0.05, 0) is 116 Å². The number of benzene rings is 4. The monoisotopic (exact) mass is 1820 g/mol. The molecule has 0 bridgehead atoms. The molecule has 12 aliphatic rings. The van der Waals surface area contributed by atoms with Gasteiger partial charge in [0, 0.05) is 173 Å². The second-order valence-electron chi connectivity index (χ2n) is 34.2. The number of carboxylic acids is 4. The Hall–Kier alpha value is -8.30. The van der Waals surface area contributed by atoms with Crippen LogP contribution in [0.3, 0.4) is 0 Å². The second-order valence-corrected chi connectivity index (χ2v) is 34.2. The van der Waals surface area contributed by atoms with Crippen LogP contribution in [0, 0.1) is 68.5 Å². The summed E-state index contributed by atoms with van der Waals surface area (Å²) in [4.78, 5) is 102. The third-order valence-electron chi connectivity index (χ3n) is 26.9. The number of halogens is 9. The fourth-order valence-corrected chi connectivity index (χ4v) is 18.6. The van der Waals surface area contributed by atoms with Crippen molar-refractivity contribution in [2.45, 2.75) is 153 Å². The number of rotatable bonds is 15. The van der Waals surface area contributed by atoms with Crippen LogP contribution in [-0.2, 0) is 65.4 Å². The Morgan fingerprint density at radius 1 is 0.412 bits per heavy atom. The van der Waals surface area contributed by atoms with Crippen LogP contribution in [0.5, 0.6) is 23.0 Å². The molecule has 7 N–H and O–H groups in total. The van der Waals surface area contributed by atoms with E-state index in [-0.39, 0.29) is 191 Å².